The third kappa shape index (κ3) is 1.85. The molecule has 0 bridgehead atoms. The van der Waals surface area contributed by atoms with E-state index in [1.165, 1.54) is 0 Å². The molecule has 6 heteroatoms. The van der Waals surface area contributed by atoms with E-state index in [-0.39, 0.29) is 0 Å². The van der Waals surface area contributed by atoms with E-state index in [9.17, 15) is 4.79 Å². The standard InChI is InChI=1S/C8H8N4OS/c1-6-9-8(5-14-6)3-12-2-7(4-13)10-11-12/h2,4-5H,3H2,1H3. The van der Waals surface area contributed by atoms with Crippen molar-refractivity contribution < 1.29 is 4.79 Å². The molecule has 14 heavy (non-hydrogen) atoms. The summed E-state index contributed by atoms with van der Waals surface area (Å²) in [6.07, 6.45) is 2.28. The van der Waals surface area contributed by atoms with Gasteiger partial charge in [0.15, 0.2) is 6.29 Å². The summed E-state index contributed by atoms with van der Waals surface area (Å²) in [5.74, 6) is 0. The third-order valence-electron chi connectivity index (χ3n) is 1.67. The van der Waals surface area contributed by atoms with Gasteiger partial charge in [0.1, 0.15) is 5.69 Å². The lowest BCUT2D eigenvalue weighted by molar-refractivity contribution is 0.111. The topological polar surface area (TPSA) is 60.7 Å². The molecule has 0 aromatic carbocycles. The minimum absolute atomic E-state index is 0.344. The Morgan fingerprint density at radius 3 is 3.07 bits per heavy atom. The maximum absolute atomic E-state index is 10.3. The molecule has 2 aromatic rings. The lowest BCUT2D eigenvalue weighted by atomic mass is 10.5. The van der Waals surface area contributed by atoms with Crippen LogP contribution in [0.1, 0.15) is 21.2 Å². The number of hydrogen-bond acceptors (Lipinski definition) is 5. The van der Waals surface area contributed by atoms with Crippen LogP contribution in [0.25, 0.3) is 0 Å². The highest BCUT2D eigenvalue weighted by atomic mass is 32.1. The molecule has 72 valence electrons. The number of aldehydes is 1. The van der Waals surface area contributed by atoms with Gasteiger partial charge in [0.2, 0.25) is 0 Å². The van der Waals surface area contributed by atoms with Gasteiger partial charge in [-0.15, -0.1) is 16.4 Å². The fraction of sp³-hybridized carbons (Fsp3) is 0.250. The molecule has 0 aliphatic heterocycles. The molecule has 0 radical (unpaired) electrons. The van der Waals surface area contributed by atoms with Crippen LogP contribution in [0, 0.1) is 6.92 Å². The smallest absolute Gasteiger partial charge is 0.171 e. The lowest BCUT2D eigenvalue weighted by Crippen LogP contribution is -2.00. The molecule has 0 saturated heterocycles. The largest absolute Gasteiger partial charge is 0.296 e. The fourth-order valence-corrected chi connectivity index (χ4v) is 1.70. The third-order valence-corrected chi connectivity index (χ3v) is 2.49. The van der Waals surface area contributed by atoms with Crippen LogP contribution in [0.3, 0.4) is 0 Å². The van der Waals surface area contributed by atoms with Crippen LogP contribution in [-0.4, -0.2) is 26.3 Å². The summed E-state index contributed by atoms with van der Waals surface area (Å²) in [5, 5.41) is 10.4. The van der Waals surface area contributed by atoms with Gasteiger partial charge in [-0.3, -0.25) is 4.79 Å². The van der Waals surface area contributed by atoms with Gasteiger partial charge in [-0.1, -0.05) is 5.21 Å². The second kappa shape index (κ2) is 3.67. The summed E-state index contributed by atoms with van der Waals surface area (Å²) in [5.41, 5.74) is 1.28. The van der Waals surface area contributed by atoms with Crippen molar-refractivity contribution in [1.82, 2.24) is 20.0 Å². The number of hydrogen-bond donors (Lipinski definition) is 0. The monoisotopic (exact) mass is 208 g/mol. The summed E-state index contributed by atoms with van der Waals surface area (Å²) in [6, 6.07) is 0. The van der Waals surface area contributed by atoms with Crippen LogP contribution in [0.5, 0.6) is 0 Å². The average Bonchev–Trinajstić information content (AvgIpc) is 2.76. The summed E-state index contributed by atoms with van der Waals surface area (Å²) in [7, 11) is 0. The number of carbonyl (C=O) groups is 1. The van der Waals surface area contributed by atoms with E-state index < -0.39 is 0 Å². The molecular formula is C8H8N4OS. The SMILES string of the molecule is Cc1nc(Cn2cc(C=O)nn2)cs1. The Morgan fingerprint density at radius 1 is 1.64 bits per heavy atom. The summed E-state index contributed by atoms with van der Waals surface area (Å²) >= 11 is 1.59. The van der Waals surface area contributed by atoms with Crippen molar-refractivity contribution in [3.8, 4) is 0 Å². The molecule has 0 N–H and O–H groups in total. The van der Waals surface area contributed by atoms with Crippen molar-refractivity contribution in [1.29, 1.82) is 0 Å². The van der Waals surface area contributed by atoms with Gasteiger partial charge in [0.05, 0.1) is 23.4 Å². The lowest BCUT2D eigenvalue weighted by Gasteiger charge is -1.93. The number of carbonyl (C=O) groups excluding carboxylic acids is 1. The van der Waals surface area contributed by atoms with E-state index in [2.05, 4.69) is 15.3 Å². The molecule has 0 amide bonds. The summed E-state index contributed by atoms with van der Waals surface area (Å²) < 4.78 is 1.60. The first-order valence-electron chi connectivity index (χ1n) is 4.04. The zero-order valence-electron chi connectivity index (χ0n) is 7.54. The number of thiazole rings is 1. The van der Waals surface area contributed by atoms with Crippen LogP contribution in [0.15, 0.2) is 11.6 Å². The molecule has 0 aliphatic carbocycles. The van der Waals surface area contributed by atoms with Crippen LogP contribution in [-0.2, 0) is 6.54 Å². The first kappa shape index (κ1) is 9.01. The van der Waals surface area contributed by atoms with Gasteiger partial charge in [-0.25, -0.2) is 9.67 Å². The Labute approximate surface area is 84.4 Å². The van der Waals surface area contributed by atoms with Gasteiger partial charge < -0.3 is 0 Å². The number of rotatable bonds is 3. The molecule has 2 heterocycles. The van der Waals surface area contributed by atoms with Gasteiger partial charge >= 0.3 is 0 Å². The molecule has 0 atom stereocenters. The van der Waals surface area contributed by atoms with Gasteiger partial charge in [0, 0.05) is 5.38 Å². The molecule has 0 aliphatic rings. The predicted octanol–water partition coefficient (Wildman–Crippen LogP) is 0.904. The molecule has 0 unspecified atom stereocenters. The van der Waals surface area contributed by atoms with E-state index >= 15 is 0 Å². The highest BCUT2D eigenvalue weighted by Crippen LogP contribution is 2.08. The molecule has 2 rings (SSSR count). The minimum Gasteiger partial charge on any atom is -0.296 e. The first-order valence-corrected chi connectivity index (χ1v) is 4.92. The van der Waals surface area contributed by atoms with Crippen molar-refractivity contribution in [3.05, 3.63) is 28.0 Å². The van der Waals surface area contributed by atoms with Crippen molar-refractivity contribution in [2.45, 2.75) is 13.5 Å². The molecule has 0 saturated carbocycles. The van der Waals surface area contributed by atoms with E-state index in [4.69, 9.17) is 0 Å². The van der Waals surface area contributed by atoms with Crippen LogP contribution in [0.4, 0.5) is 0 Å². The van der Waals surface area contributed by atoms with Crippen LogP contribution < -0.4 is 0 Å². The van der Waals surface area contributed by atoms with Crippen molar-refractivity contribution >= 4 is 17.6 Å². The van der Waals surface area contributed by atoms with E-state index in [1.54, 1.807) is 22.2 Å². The quantitative estimate of drug-likeness (QED) is 0.703. The van der Waals surface area contributed by atoms with Gasteiger partial charge in [0.25, 0.3) is 0 Å². The Morgan fingerprint density at radius 2 is 2.50 bits per heavy atom. The van der Waals surface area contributed by atoms with E-state index in [0.29, 0.717) is 18.5 Å². The first-order chi connectivity index (χ1) is 6.78. The van der Waals surface area contributed by atoms with Crippen LogP contribution >= 0.6 is 11.3 Å². The molecule has 0 spiro atoms. The Hall–Kier alpha value is -1.56. The second-order valence-corrected chi connectivity index (χ2v) is 3.88. The number of nitrogens with zero attached hydrogens (tertiary/aromatic N) is 4. The Bertz CT molecular complexity index is 448. The fourth-order valence-electron chi connectivity index (χ4n) is 1.09. The average molecular weight is 208 g/mol. The van der Waals surface area contributed by atoms with Crippen molar-refractivity contribution in [3.63, 3.8) is 0 Å². The zero-order chi connectivity index (χ0) is 9.97. The van der Waals surface area contributed by atoms with Crippen LogP contribution in [0.2, 0.25) is 0 Å². The highest BCUT2D eigenvalue weighted by Gasteiger charge is 2.02. The normalized spacial score (nSPS) is 10.4. The Kier molecular flexibility index (Phi) is 2.36. The zero-order valence-corrected chi connectivity index (χ0v) is 8.36. The molecule has 5 nitrogen and oxygen atoms in total. The number of aryl methyl sites for hydroxylation is 1. The van der Waals surface area contributed by atoms with Gasteiger partial charge in [-0.05, 0) is 6.92 Å². The summed E-state index contributed by atoms with van der Waals surface area (Å²) in [4.78, 5) is 14.6. The molecule has 2 aromatic heterocycles. The second-order valence-electron chi connectivity index (χ2n) is 2.82. The maximum Gasteiger partial charge on any atom is 0.171 e. The van der Waals surface area contributed by atoms with E-state index in [1.807, 2.05) is 12.3 Å². The van der Waals surface area contributed by atoms with Crippen molar-refractivity contribution in [2.24, 2.45) is 0 Å². The van der Waals surface area contributed by atoms with Gasteiger partial charge in [-0.2, -0.15) is 0 Å². The predicted molar refractivity (Wildman–Crippen MR) is 51.4 cm³/mol. The minimum atomic E-state index is 0.344. The van der Waals surface area contributed by atoms with E-state index in [0.717, 1.165) is 10.7 Å². The van der Waals surface area contributed by atoms with Crippen molar-refractivity contribution in [2.75, 3.05) is 0 Å². The maximum atomic E-state index is 10.3. The number of aromatic nitrogens is 4. The highest BCUT2D eigenvalue weighted by molar-refractivity contribution is 7.09. The Balaban J connectivity index is 2.14. The summed E-state index contributed by atoms with van der Waals surface area (Å²) in [6.45, 7) is 2.51. The molecule has 0 fully saturated rings. The molecular weight excluding hydrogens is 200 g/mol.